The lowest BCUT2D eigenvalue weighted by Crippen LogP contribution is -2.10. The fourth-order valence-electron chi connectivity index (χ4n) is 1.80. The highest BCUT2D eigenvalue weighted by Gasteiger charge is 2.07. The smallest absolute Gasteiger partial charge is 0.348 e. The van der Waals surface area contributed by atoms with Crippen molar-refractivity contribution in [1.29, 1.82) is 0 Å². The first kappa shape index (κ1) is 14.0. The third kappa shape index (κ3) is 3.34. The molecule has 6 nitrogen and oxygen atoms in total. The highest BCUT2D eigenvalue weighted by atomic mass is 16.4. The summed E-state index contributed by atoms with van der Waals surface area (Å²) in [5, 5.41) is 5.94. The van der Waals surface area contributed by atoms with E-state index < -0.39 is 5.63 Å². The van der Waals surface area contributed by atoms with E-state index in [-0.39, 0.29) is 11.9 Å². The summed E-state index contributed by atoms with van der Waals surface area (Å²) in [4.78, 5) is 27.1. The zero-order valence-electron chi connectivity index (χ0n) is 11.5. The van der Waals surface area contributed by atoms with Crippen LogP contribution in [0, 0.1) is 0 Å². The predicted octanol–water partition coefficient (Wildman–Crippen LogP) is 2.36. The fourth-order valence-corrected chi connectivity index (χ4v) is 1.80. The normalized spacial score (nSPS) is 10.5. The summed E-state index contributed by atoms with van der Waals surface area (Å²) in [5.74, 6) is -0.195. The number of unbranched alkanes of at least 4 members (excludes halogenated alkanes) is 1. The largest absolute Gasteiger partial charge is 0.389 e. The van der Waals surface area contributed by atoms with Crippen LogP contribution in [-0.2, 0) is 4.79 Å². The molecule has 0 saturated carbocycles. The molecule has 1 heterocycles. The van der Waals surface area contributed by atoms with Crippen LogP contribution in [0.25, 0.3) is 10.9 Å². The van der Waals surface area contributed by atoms with Crippen molar-refractivity contribution in [1.82, 2.24) is 4.98 Å². The molecule has 6 heteroatoms. The molecule has 106 valence electrons. The standard InChI is InChI=1S/C14H17N3O3/c1-3-4-7-15-14-17-12-6-5-10(16-9(2)18)8-11(12)13(19)20-14/h5-6,8H,3-4,7H2,1-2H3,(H,15,17)(H,16,18). The second-order valence-corrected chi connectivity index (χ2v) is 4.50. The minimum Gasteiger partial charge on any atom is -0.389 e. The van der Waals surface area contributed by atoms with Gasteiger partial charge in [-0.05, 0) is 24.6 Å². The van der Waals surface area contributed by atoms with E-state index in [4.69, 9.17) is 4.42 Å². The van der Waals surface area contributed by atoms with Gasteiger partial charge in [0.2, 0.25) is 5.91 Å². The molecule has 0 bridgehead atoms. The number of carbonyl (C=O) groups is 1. The van der Waals surface area contributed by atoms with E-state index in [1.807, 2.05) is 0 Å². The van der Waals surface area contributed by atoms with Crippen LogP contribution in [0.5, 0.6) is 0 Å². The molecule has 2 aromatic rings. The van der Waals surface area contributed by atoms with E-state index in [2.05, 4.69) is 22.5 Å². The van der Waals surface area contributed by atoms with E-state index >= 15 is 0 Å². The van der Waals surface area contributed by atoms with Crippen LogP contribution in [0.3, 0.4) is 0 Å². The summed E-state index contributed by atoms with van der Waals surface area (Å²) in [6.45, 7) is 4.20. The van der Waals surface area contributed by atoms with Crippen LogP contribution in [0.2, 0.25) is 0 Å². The lowest BCUT2D eigenvalue weighted by atomic mass is 10.2. The van der Waals surface area contributed by atoms with Crippen molar-refractivity contribution in [3.05, 3.63) is 28.6 Å². The van der Waals surface area contributed by atoms with Crippen LogP contribution >= 0.6 is 0 Å². The number of aromatic nitrogens is 1. The molecule has 0 saturated heterocycles. The van der Waals surface area contributed by atoms with E-state index in [9.17, 15) is 9.59 Å². The van der Waals surface area contributed by atoms with Crippen molar-refractivity contribution < 1.29 is 9.21 Å². The summed E-state index contributed by atoms with van der Waals surface area (Å²) in [6, 6.07) is 5.17. The molecule has 0 unspecified atom stereocenters. The lowest BCUT2D eigenvalue weighted by molar-refractivity contribution is -0.114. The second-order valence-electron chi connectivity index (χ2n) is 4.50. The SMILES string of the molecule is CCCCNc1nc2ccc(NC(C)=O)cc2c(=O)o1. The van der Waals surface area contributed by atoms with Crippen molar-refractivity contribution in [2.24, 2.45) is 0 Å². The first-order chi connectivity index (χ1) is 9.60. The minimum absolute atomic E-state index is 0.195. The van der Waals surface area contributed by atoms with Gasteiger partial charge in [0.1, 0.15) is 0 Å². The molecule has 2 rings (SSSR count). The van der Waals surface area contributed by atoms with Gasteiger partial charge in [-0.1, -0.05) is 13.3 Å². The van der Waals surface area contributed by atoms with Crippen molar-refractivity contribution in [2.75, 3.05) is 17.2 Å². The molecule has 2 N–H and O–H groups in total. The van der Waals surface area contributed by atoms with Gasteiger partial charge in [-0.3, -0.25) is 4.79 Å². The van der Waals surface area contributed by atoms with Crippen LogP contribution in [0.1, 0.15) is 26.7 Å². The van der Waals surface area contributed by atoms with Crippen LogP contribution in [0.15, 0.2) is 27.4 Å². The molecule has 0 spiro atoms. The monoisotopic (exact) mass is 275 g/mol. The molecule has 0 aliphatic carbocycles. The maximum Gasteiger partial charge on any atom is 0.348 e. The number of benzene rings is 1. The third-order valence-electron chi connectivity index (χ3n) is 2.75. The Hall–Kier alpha value is -2.37. The van der Waals surface area contributed by atoms with Gasteiger partial charge >= 0.3 is 5.63 Å². The van der Waals surface area contributed by atoms with Crippen LogP contribution < -0.4 is 16.3 Å². The lowest BCUT2D eigenvalue weighted by Gasteiger charge is -2.05. The predicted molar refractivity (Wildman–Crippen MR) is 78.0 cm³/mol. The quantitative estimate of drug-likeness (QED) is 0.818. The first-order valence-corrected chi connectivity index (χ1v) is 6.56. The molecular formula is C14H17N3O3. The Morgan fingerprint density at radius 2 is 2.20 bits per heavy atom. The number of nitrogens with one attached hydrogen (secondary N) is 2. The Morgan fingerprint density at radius 3 is 2.90 bits per heavy atom. The number of rotatable bonds is 5. The van der Waals surface area contributed by atoms with Crippen molar-refractivity contribution in [2.45, 2.75) is 26.7 Å². The summed E-state index contributed by atoms with van der Waals surface area (Å²) in [5.41, 5.74) is 0.612. The molecule has 1 aromatic heterocycles. The highest BCUT2D eigenvalue weighted by molar-refractivity contribution is 5.92. The molecule has 0 aliphatic rings. The van der Waals surface area contributed by atoms with E-state index in [1.54, 1.807) is 18.2 Å². The Balaban J connectivity index is 2.32. The van der Waals surface area contributed by atoms with E-state index in [0.29, 0.717) is 23.1 Å². The summed E-state index contributed by atoms with van der Waals surface area (Å²) >= 11 is 0. The van der Waals surface area contributed by atoms with Gasteiger partial charge in [0.15, 0.2) is 0 Å². The zero-order chi connectivity index (χ0) is 14.5. The van der Waals surface area contributed by atoms with E-state index in [1.165, 1.54) is 6.92 Å². The number of fused-ring (bicyclic) bond motifs is 1. The van der Waals surface area contributed by atoms with Gasteiger partial charge in [-0.2, -0.15) is 4.98 Å². The minimum atomic E-state index is -0.471. The third-order valence-corrected chi connectivity index (χ3v) is 2.75. The molecule has 0 fully saturated rings. The maximum atomic E-state index is 11.9. The molecule has 0 aliphatic heterocycles. The molecule has 20 heavy (non-hydrogen) atoms. The molecule has 0 atom stereocenters. The number of anilines is 2. The second kappa shape index (κ2) is 6.18. The molecule has 1 aromatic carbocycles. The van der Waals surface area contributed by atoms with Crippen LogP contribution in [-0.4, -0.2) is 17.4 Å². The fraction of sp³-hybridized carbons (Fsp3) is 0.357. The van der Waals surface area contributed by atoms with Crippen molar-refractivity contribution in [3.8, 4) is 0 Å². The number of nitrogens with zero attached hydrogens (tertiary/aromatic N) is 1. The Labute approximate surface area is 116 Å². The first-order valence-electron chi connectivity index (χ1n) is 6.56. The van der Waals surface area contributed by atoms with Crippen molar-refractivity contribution in [3.63, 3.8) is 0 Å². The summed E-state index contributed by atoms with van der Waals surface area (Å²) in [7, 11) is 0. The van der Waals surface area contributed by atoms with Gasteiger partial charge in [-0.25, -0.2) is 4.79 Å². The van der Waals surface area contributed by atoms with Gasteiger partial charge in [0, 0.05) is 19.2 Å². The maximum absolute atomic E-state index is 11.9. The molecule has 1 amide bonds. The summed E-state index contributed by atoms with van der Waals surface area (Å²) < 4.78 is 5.11. The summed E-state index contributed by atoms with van der Waals surface area (Å²) in [6.07, 6.45) is 2.02. The van der Waals surface area contributed by atoms with E-state index in [0.717, 1.165) is 12.8 Å². The molecule has 0 radical (unpaired) electrons. The number of hydrogen-bond acceptors (Lipinski definition) is 5. The highest BCUT2D eigenvalue weighted by Crippen LogP contribution is 2.16. The Kier molecular flexibility index (Phi) is 4.34. The Bertz CT molecular complexity index is 679. The number of hydrogen-bond donors (Lipinski definition) is 2. The van der Waals surface area contributed by atoms with Crippen molar-refractivity contribution >= 4 is 28.5 Å². The van der Waals surface area contributed by atoms with Gasteiger partial charge in [-0.15, -0.1) is 0 Å². The average molecular weight is 275 g/mol. The number of amides is 1. The Morgan fingerprint density at radius 1 is 1.40 bits per heavy atom. The average Bonchev–Trinajstić information content (AvgIpc) is 2.39. The molecular weight excluding hydrogens is 258 g/mol. The number of carbonyl (C=O) groups excluding carboxylic acids is 1. The van der Waals surface area contributed by atoms with Gasteiger partial charge in [0.05, 0.1) is 10.9 Å². The van der Waals surface area contributed by atoms with Gasteiger partial charge in [0.25, 0.3) is 6.01 Å². The van der Waals surface area contributed by atoms with Crippen LogP contribution in [0.4, 0.5) is 11.7 Å². The van der Waals surface area contributed by atoms with Gasteiger partial charge < -0.3 is 15.1 Å². The zero-order valence-corrected chi connectivity index (χ0v) is 11.5. The topological polar surface area (TPSA) is 84.2 Å².